The van der Waals surface area contributed by atoms with Crippen LogP contribution in [0.25, 0.3) is 0 Å². The number of hydrogen-bond donors (Lipinski definition) is 1. The van der Waals surface area contributed by atoms with Crippen LogP contribution in [0.4, 0.5) is 0 Å². The summed E-state index contributed by atoms with van der Waals surface area (Å²) in [5, 5.41) is 3.35. The summed E-state index contributed by atoms with van der Waals surface area (Å²) >= 11 is 0. The van der Waals surface area contributed by atoms with Gasteiger partial charge in [-0.25, -0.2) is 0 Å². The minimum absolute atomic E-state index is 0.880. The fraction of sp³-hybridized carbons (Fsp3) is 1.00. The van der Waals surface area contributed by atoms with E-state index in [1.165, 1.54) is 19.5 Å². The molecule has 0 unspecified atom stereocenters. The molecule has 1 heterocycles. The van der Waals surface area contributed by atoms with E-state index in [1.807, 2.05) is 0 Å². The molecule has 0 spiro atoms. The third-order valence-corrected chi connectivity index (χ3v) is 2.04. The van der Waals surface area contributed by atoms with Gasteiger partial charge in [-0.3, -0.25) is 0 Å². The Bertz CT molecular complexity index is 62.8. The van der Waals surface area contributed by atoms with Crippen molar-refractivity contribution in [2.45, 2.75) is 20.3 Å². The molecule has 0 aromatic heterocycles. The van der Waals surface area contributed by atoms with Crippen molar-refractivity contribution in [1.82, 2.24) is 5.32 Å². The van der Waals surface area contributed by atoms with Crippen molar-refractivity contribution < 1.29 is 0 Å². The lowest BCUT2D eigenvalue weighted by Crippen LogP contribution is -2.12. The van der Waals surface area contributed by atoms with E-state index in [0.717, 1.165) is 11.8 Å². The zero-order chi connectivity index (χ0) is 5.98. The van der Waals surface area contributed by atoms with Gasteiger partial charge in [0.15, 0.2) is 0 Å². The van der Waals surface area contributed by atoms with E-state index < -0.39 is 0 Å². The van der Waals surface area contributed by atoms with Crippen LogP contribution in [-0.4, -0.2) is 13.1 Å². The maximum Gasteiger partial charge on any atom is -0.00176 e. The predicted molar refractivity (Wildman–Crippen MR) is 35.8 cm³/mol. The van der Waals surface area contributed by atoms with Crippen molar-refractivity contribution in [3.8, 4) is 0 Å². The largest absolute Gasteiger partial charge is 0.316 e. The molecule has 0 aromatic carbocycles. The van der Waals surface area contributed by atoms with Crippen LogP contribution in [-0.2, 0) is 0 Å². The summed E-state index contributed by atoms with van der Waals surface area (Å²) in [5.41, 5.74) is 0. The summed E-state index contributed by atoms with van der Waals surface area (Å²) in [6.07, 6.45) is 1.39. The van der Waals surface area contributed by atoms with Gasteiger partial charge in [-0.05, 0) is 31.3 Å². The molecule has 1 aliphatic rings. The van der Waals surface area contributed by atoms with Crippen LogP contribution in [0.15, 0.2) is 0 Å². The molecule has 48 valence electrons. The first kappa shape index (κ1) is 6.09. The van der Waals surface area contributed by atoms with Crippen molar-refractivity contribution >= 4 is 0 Å². The van der Waals surface area contributed by atoms with Crippen LogP contribution in [0.5, 0.6) is 0 Å². The van der Waals surface area contributed by atoms with Crippen LogP contribution in [0.2, 0.25) is 0 Å². The van der Waals surface area contributed by atoms with E-state index in [4.69, 9.17) is 0 Å². The minimum Gasteiger partial charge on any atom is -0.316 e. The number of hydrogen-bond acceptors (Lipinski definition) is 1. The molecule has 0 bridgehead atoms. The fourth-order valence-electron chi connectivity index (χ4n) is 1.25. The van der Waals surface area contributed by atoms with Gasteiger partial charge in [0.05, 0.1) is 0 Å². The van der Waals surface area contributed by atoms with Gasteiger partial charge in [0.25, 0.3) is 0 Å². The second-order valence-corrected chi connectivity index (χ2v) is 3.00. The Hall–Kier alpha value is -0.0400. The van der Waals surface area contributed by atoms with Gasteiger partial charge >= 0.3 is 0 Å². The maximum absolute atomic E-state index is 3.35. The molecule has 0 aromatic rings. The number of nitrogens with one attached hydrogen (secondary N) is 1. The van der Waals surface area contributed by atoms with Crippen molar-refractivity contribution in [2.24, 2.45) is 11.8 Å². The van der Waals surface area contributed by atoms with Gasteiger partial charge in [0, 0.05) is 0 Å². The molecule has 1 fully saturated rings. The predicted octanol–water partition coefficient (Wildman–Crippen LogP) is 1.25. The van der Waals surface area contributed by atoms with Gasteiger partial charge < -0.3 is 5.32 Å². The van der Waals surface area contributed by atoms with Crippen LogP contribution in [0.1, 0.15) is 20.3 Å². The first-order valence-electron chi connectivity index (χ1n) is 3.51. The van der Waals surface area contributed by atoms with E-state index in [0.29, 0.717) is 0 Å². The highest BCUT2D eigenvalue weighted by atomic mass is 14.9. The Morgan fingerprint density at radius 3 is 2.50 bits per heavy atom. The normalized spacial score (nSPS) is 29.6. The Morgan fingerprint density at radius 2 is 2.25 bits per heavy atom. The topological polar surface area (TPSA) is 12.0 Å². The summed E-state index contributed by atoms with van der Waals surface area (Å²) < 4.78 is 0. The van der Waals surface area contributed by atoms with Gasteiger partial charge in [0.2, 0.25) is 0 Å². The molecular formula is C7H15N. The molecule has 1 aliphatic heterocycles. The fourth-order valence-corrected chi connectivity index (χ4v) is 1.25. The second-order valence-electron chi connectivity index (χ2n) is 3.00. The molecule has 1 atom stereocenters. The van der Waals surface area contributed by atoms with E-state index in [9.17, 15) is 0 Å². The van der Waals surface area contributed by atoms with Gasteiger partial charge in [-0.1, -0.05) is 13.8 Å². The zero-order valence-corrected chi connectivity index (χ0v) is 5.78. The third kappa shape index (κ3) is 1.22. The maximum atomic E-state index is 3.35. The molecule has 0 aliphatic carbocycles. The first-order chi connectivity index (χ1) is 3.80. The molecular weight excluding hydrogens is 98.1 g/mol. The van der Waals surface area contributed by atoms with Gasteiger partial charge in [-0.2, -0.15) is 0 Å². The van der Waals surface area contributed by atoms with E-state index in [1.54, 1.807) is 0 Å². The van der Waals surface area contributed by atoms with E-state index in [-0.39, 0.29) is 0 Å². The van der Waals surface area contributed by atoms with Crippen LogP contribution >= 0.6 is 0 Å². The third-order valence-electron chi connectivity index (χ3n) is 2.04. The molecule has 0 radical (unpaired) electrons. The second kappa shape index (κ2) is 2.49. The van der Waals surface area contributed by atoms with Gasteiger partial charge in [0.1, 0.15) is 0 Å². The Labute approximate surface area is 51.5 Å². The quantitative estimate of drug-likeness (QED) is 0.539. The molecule has 1 N–H and O–H groups in total. The van der Waals surface area contributed by atoms with Crippen LogP contribution < -0.4 is 5.32 Å². The van der Waals surface area contributed by atoms with Crippen LogP contribution in [0.3, 0.4) is 0 Å². The Morgan fingerprint density at radius 1 is 1.50 bits per heavy atom. The highest BCUT2D eigenvalue weighted by Crippen LogP contribution is 2.16. The molecule has 1 heteroatoms. The molecule has 8 heavy (non-hydrogen) atoms. The summed E-state index contributed by atoms with van der Waals surface area (Å²) in [7, 11) is 0. The first-order valence-corrected chi connectivity index (χ1v) is 3.51. The summed E-state index contributed by atoms with van der Waals surface area (Å²) in [5.74, 6) is 1.83. The van der Waals surface area contributed by atoms with Crippen LogP contribution in [0, 0.1) is 11.8 Å². The SMILES string of the molecule is CC(C)[C@H]1CCNC1. The van der Waals surface area contributed by atoms with Crippen molar-refractivity contribution in [3.05, 3.63) is 0 Å². The highest BCUT2D eigenvalue weighted by Gasteiger charge is 2.16. The van der Waals surface area contributed by atoms with Crippen molar-refractivity contribution in [2.75, 3.05) is 13.1 Å². The summed E-state index contributed by atoms with van der Waals surface area (Å²) in [4.78, 5) is 0. The molecule has 1 nitrogen and oxygen atoms in total. The van der Waals surface area contributed by atoms with Crippen molar-refractivity contribution in [1.29, 1.82) is 0 Å². The van der Waals surface area contributed by atoms with E-state index in [2.05, 4.69) is 19.2 Å². The average molecular weight is 113 g/mol. The average Bonchev–Trinajstić information content (AvgIpc) is 2.12. The Balaban J connectivity index is 2.24. The van der Waals surface area contributed by atoms with Crippen molar-refractivity contribution in [3.63, 3.8) is 0 Å². The molecule has 1 rings (SSSR count). The smallest absolute Gasteiger partial charge is 0.00176 e. The molecule has 0 saturated carbocycles. The number of rotatable bonds is 1. The van der Waals surface area contributed by atoms with Gasteiger partial charge in [-0.15, -0.1) is 0 Å². The molecule has 0 amide bonds. The zero-order valence-electron chi connectivity index (χ0n) is 5.78. The lowest BCUT2D eigenvalue weighted by molar-refractivity contribution is 0.419. The lowest BCUT2D eigenvalue weighted by atomic mass is 9.96. The monoisotopic (exact) mass is 113 g/mol. The standard InChI is InChI=1S/C7H15N/c1-6(2)7-3-4-8-5-7/h6-8H,3-5H2,1-2H3/t7-/m0/s1. The minimum atomic E-state index is 0.880. The lowest BCUT2D eigenvalue weighted by Gasteiger charge is -2.10. The summed E-state index contributed by atoms with van der Waals surface area (Å²) in [6.45, 7) is 7.09. The Kier molecular flexibility index (Phi) is 1.90. The molecule has 1 saturated heterocycles. The summed E-state index contributed by atoms with van der Waals surface area (Å²) in [6, 6.07) is 0. The highest BCUT2D eigenvalue weighted by molar-refractivity contribution is 4.72. The van der Waals surface area contributed by atoms with E-state index >= 15 is 0 Å².